The van der Waals surface area contributed by atoms with Crippen molar-refractivity contribution in [3.63, 3.8) is 0 Å². The minimum absolute atomic E-state index is 0.0120. The highest BCUT2D eigenvalue weighted by atomic mass is 16.5. The van der Waals surface area contributed by atoms with Gasteiger partial charge in [-0.3, -0.25) is 9.59 Å². The van der Waals surface area contributed by atoms with Crippen LogP contribution < -0.4 is 5.32 Å². The van der Waals surface area contributed by atoms with E-state index in [1.54, 1.807) is 0 Å². The normalized spacial score (nSPS) is 12.6. The molecule has 0 aliphatic heterocycles. The second-order valence-electron chi connectivity index (χ2n) is 25.3. The molecule has 2 atom stereocenters. The molecule has 1 amide bonds. The molecule has 3 N–H and O–H groups in total. The van der Waals surface area contributed by atoms with Crippen LogP contribution in [0.15, 0.2) is 24.3 Å². The summed E-state index contributed by atoms with van der Waals surface area (Å²) in [6, 6.07) is -0.544. The number of nitrogens with one attached hydrogen (secondary N) is 1. The van der Waals surface area contributed by atoms with Gasteiger partial charge in [0.25, 0.3) is 0 Å². The molecule has 0 spiro atoms. The number of ether oxygens (including phenoxy) is 1. The quantitative estimate of drug-likeness (QED) is 0.0320. The lowest BCUT2D eigenvalue weighted by atomic mass is 10.0. The summed E-state index contributed by atoms with van der Waals surface area (Å²) >= 11 is 0. The molecular weight excluding hydrogens is 983 g/mol. The van der Waals surface area contributed by atoms with Gasteiger partial charge in [0.1, 0.15) is 0 Å². The topological polar surface area (TPSA) is 95.9 Å². The Hall–Kier alpha value is -1.66. The summed E-state index contributed by atoms with van der Waals surface area (Å²) in [5.41, 5.74) is 0. The van der Waals surface area contributed by atoms with E-state index in [0.29, 0.717) is 25.9 Å². The van der Waals surface area contributed by atoms with Gasteiger partial charge in [0.05, 0.1) is 25.4 Å². The predicted octanol–water partition coefficient (Wildman–Crippen LogP) is 23.7. The fourth-order valence-electron chi connectivity index (χ4n) is 11.6. The first-order chi connectivity index (χ1) is 39.5. The monoisotopic (exact) mass is 1130 g/mol. The highest BCUT2D eigenvalue weighted by molar-refractivity contribution is 5.76. The summed E-state index contributed by atoms with van der Waals surface area (Å²) in [6.45, 7) is 4.99. The third-order valence-corrected chi connectivity index (χ3v) is 17.2. The minimum Gasteiger partial charge on any atom is -0.466 e. The third kappa shape index (κ3) is 65.5. The van der Waals surface area contributed by atoms with Crippen molar-refractivity contribution in [2.75, 3.05) is 13.2 Å². The molecule has 0 aliphatic carbocycles. The van der Waals surface area contributed by atoms with Crippen LogP contribution in [0.2, 0.25) is 0 Å². The molecule has 2 unspecified atom stereocenters. The summed E-state index contributed by atoms with van der Waals surface area (Å²) < 4.78 is 5.50. The second kappa shape index (κ2) is 69.8. The van der Waals surface area contributed by atoms with Crippen molar-refractivity contribution >= 4 is 11.9 Å². The van der Waals surface area contributed by atoms with E-state index in [0.717, 1.165) is 44.9 Å². The third-order valence-electron chi connectivity index (χ3n) is 17.2. The van der Waals surface area contributed by atoms with Crippen LogP contribution in [0.25, 0.3) is 0 Å². The van der Waals surface area contributed by atoms with E-state index >= 15 is 0 Å². The van der Waals surface area contributed by atoms with Crippen LogP contribution in [0.5, 0.6) is 0 Å². The molecule has 80 heavy (non-hydrogen) atoms. The first kappa shape index (κ1) is 78.3. The molecule has 0 aromatic rings. The summed E-state index contributed by atoms with van der Waals surface area (Å²) in [5.74, 6) is -0.0205. The van der Waals surface area contributed by atoms with E-state index in [1.807, 2.05) is 0 Å². The van der Waals surface area contributed by atoms with Gasteiger partial charge in [-0.1, -0.05) is 346 Å². The number of unbranched alkanes of at least 4 members (excludes halogenated alkanes) is 54. The van der Waals surface area contributed by atoms with Crippen molar-refractivity contribution < 1.29 is 24.5 Å². The van der Waals surface area contributed by atoms with Gasteiger partial charge in [0.2, 0.25) is 5.91 Å². The average Bonchev–Trinajstić information content (AvgIpc) is 3.46. The van der Waals surface area contributed by atoms with E-state index in [2.05, 4.69) is 43.5 Å². The Morgan fingerprint density at radius 2 is 0.588 bits per heavy atom. The van der Waals surface area contributed by atoms with Crippen molar-refractivity contribution in [1.29, 1.82) is 0 Å². The zero-order valence-electron chi connectivity index (χ0n) is 54.3. The summed E-state index contributed by atoms with van der Waals surface area (Å²) in [5, 5.41) is 23.4. The fraction of sp³-hybridized carbons (Fsp3) is 0.919. The van der Waals surface area contributed by atoms with Gasteiger partial charge in [0.15, 0.2) is 0 Å². The molecule has 0 radical (unpaired) electrons. The zero-order valence-corrected chi connectivity index (χ0v) is 54.3. The number of carbonyl (C=O) groups excluding carboxylic acids is 2. The molecule has 6 nitrogen and oxygen atoms in total. The fourth-order valence-corrected chi connectivity index (χ4v) is 11.6. The van der Waals surface area contributed by atoms with Crippen LogP contribution >= 0.6 is 0 Å². The average molecular weight is 1130 g/mol. The van der Waals surface area contributed by atoms with Crippen LogP contribution in [0.3, 0.4) is 0 Å². The standard InChI is InChI=1S/C74H143NO5/c1-3-5-7-9-11-13-15-17-19-21-22-31-35-38-42-46-50-54-58-62-66-72(77)71(70-76)75-73(78)67-63-59-55-51-47-43-39-36-32-29-27-25-23-24-26-28-30-33-37-41-45-49-53-57-61-65-69-80-74(79)68-64-60-56-52-48-44-40-34-20-18-16-14-12-10-8-6-4-2/h18,20,23,25,71-72,76-77H,3-17,19,21-22,24,26-70H2,1-2H3,(H,75,78)/b20-18-,25-23-. The Morgan fingerprint density at radius 3 is 0.887 bits per heavy atom. The highest BCUT2D eigenvalue weighted by Crippen LogP contribution is 2.19. The van der Waals surface area contributed by atoms with E-state index < -0.39 is 12.1 Å². The Balaban J connectivity index is 3.38. The first-order valence-electron chi connectivity index (χ1n) is 36.6. The molecule has 0 saturated carbocycles. The lowest BCUT2D eigenvalue weighted by molar-refractivity contribution is -0.143. The van der Waals surface area contributed by atoms with Gasteiger partial charge in [0, 0.05) is 12.8 Å². The molecule has 0 fully saturated rings. The van der Waals surface area contributed by atoms with Gasteiger partial charge in [-0.25, -0.2) is 0 Å². The van der Waals surface area contributed by atoms with Crippen LogP contribution in [-0.4, -0.2) is 47.4 Å². The maximum atomic E-state index is 12.5. The molecule has 0 heterocycles. The van der Waals surface area contributed by atoms with Crippen molar-refractivity contribution in [2.45, 2.75) is 424 Å². The van der Waals surface area contributed by atoms with Crippen molar-refractivity contribution in [2.24, 2.45) is 0 Å². The van der Waals surface area contributed by atoms with Gasteiger partial charge < -0.3 is 20.3 Å². The van der Waals surface area contributed by atoms with Gasteiger partial charge >= 0.3 is 5.97 Å². The SMILES string of the molecule is CCCCCCCC/C=C\CCCCCCCCCC(=O)OCCCCCCCCCCCCCC/C=C\CCCCCCCCCCCCC(=O)NC(CO)C(O)CCCCCCCCCCCCCCCCCCCCCC. The van der Waals surface area contributed by atoms with Gasteiger partial charge in [-0.15, -0.1) is 0 Å². The Labute approximate surface area is 501 Å². The molecule has 0 aromatic carbocycles. The molecule has 0 rings (SSSR count). The van der Waals surface area contributed by atoms with Crippen LogP contribution in [0, 0.1) is 0 Å². The van der Waals surface area contributed by atoms with E-state index in [1.165, 1.54) is 334 Å². The molecule has 0 saturated heterocycles. The maximum Gasteiger partial charge on any atom is 0.305 e. The van der Waals surface area contributed by atoms with E-state index in [-0.39, 0.29) is 18.5 Å². The van der Waals surface area contributed by atoms with Gasteiger partial charge in [-0.05, 0) is 77.0 Å². The number of amides is 1. The van der Waals surface area contributed by atoms with E-state index in [9.17, 15) is 19.8 Å². The Morgan fingerprint density at radius 1 is 0.338 bits per heavy atom. The lowest BCUT2D eigenvalue weighted by Gasteiger charge is -2.22. The molecule has 474 valence electrons. The molecule has 0 aliphatic rings. The number of allylic oxidation sites excluding steroid dienone is 4. The van der Waals surface area contributed by atoms with E-state index in [4.69, 9.17) is 4.74 Å². The van der Waals surface area contributed by atoms with Crippen LogP contribution in [-0.2, 0) is 14.3 Å². The molecule has 0 bridgehead atoms. The van der Waals surface area contributed by atoms with Crippen molar-refractivity contribution in [3.8, 4) is 0 Å². The minimum atomic E-state index is -0.666. The molecule has 0 aromatic heterocycles. The van der Waals surface area contributed by atoms with Gasteiger partial charge in [-0.2, -0.15) is 0 Å². The summed E-state index contributed by atoms with van der Waals surface area (Å²) in [7, 11) is 0. The number of rotatable bonds is 69. The lowest BCUT2D eigenvalue weighted by Crippen LogP contribution is -2.45. The summed E-state index contributed by atoms with van der Waals surface area (Å²) in [6.07, 6.45) is 88.0. The number of aliphatic hydroxyl groups excluding tert-OH is 2. The van der Waals surface area contributed by atoms with Crippen molar-refractivity contribution in [1.82, 2.24) is 5.32 Å². The first-order valence-corrected chi connectivity index (χ1v) is 36.6. The number of carbonyl (C=O) groups is 2. The Kier molecular flexibility index (Phi) is 68.4. The number of aliphatic hydroxyl groups is 2. The number of esters is 1. The largest absolute Gasteiger partial charge is 0.466 e. The summed E-state index contributed by atoms with van der Waals surface area (Å²) in [4.78, 5) is 24.6. The smallest absolute Gasteiger partial charge is 0.305 e. The number of hydrogen-bond donors (Lipinski definition) is 3. The number of hydrogen-bond acceptors (Lipinski definition) is 5. The highest BCUT2D eigenvalue weighted by Gasteiger charge is 2.20. The van der Waals surface area contributed by atoms with Crippen LogP contribution in [0.1, 0.15) is 412 Å². The zero-order chi connectivity index (χ0) is 57.8. The second-order valence-corrected chi connectivity index (χ2v) is 25.3. The maximum absolute atomic E-state index is 12.5. The Bertz CT molecular complexity index is 1250. The predicted molar refractivity (Wildman–Crippen MR) is 352 cm³/mol. The van der Waals surface area contributed by atoms with Crippen LogP contribution in [0.4, 0.5) is 0 Å². The molecular formula is C74H143NO5. The molecule has 6 heteroatoms. The van der Waals surface area contributed by atoms with Crippen molar-refractivity contribution in [3.05, 3.63) is 24.3 Å².